The zero-order valence-electron chi connectivity index (χ0n) is 25.8. The van der Waals surface area contributed by atoms with Gasteiger partial charge in [0, 0.05) is 37.1 Å². The minimum Gasteiger partial charge on any atom is -0.466 e. The quantitative estimate of drug-likeness (QED) is 0.126. The van der Waals surface area contributed by atoms with Gasteiger partial charge in [0.05, 0.1) is 23.9 Å². The Hall–Kier alpha value is -4.24. The SMILES string of the molecule is CCOC(=O)C1CCc2nc(NC(=O)Nc3cccc(Cl)c3)sc2C1.NC(=O)C1CCc2nc(NC(=O)Nc3cccc(Cl)c3)sc2C1. The maximum Gasteiger partial charge on any atom is 0.325 e. The van der Waals surface area contributed by atoms with Gasteiger partial charge in [-0.3, -0.25) is 20.2 Å². The van der Waals surface area contributed by atoms with E-state index in [9.17, 15) is 19.2 Å². The van der Waals surface area contributed by atoms with Gasteiger partial charge in [-0.1, -0.05) is 35.3 Å². The van der Waals surface area contributed by atoms with Crippen molar-refractivity contribution in [3.63, 3.8) is 0 Å². The van der Waals surface area contributed by atoms with Crippen LogP contribution < -0.4 is 27.0 Å². The lowest BCUT2D eigenvalue weighted by atomic mass is 9.91. The van der Waals surface area contributed by atoms with E-state index in [1.165, 1.54) is 22.7 Å². The van der Waals surface area contributed by atoms with Crippen molar-refractivity contribution in [1.82, 2.24) is 9.97 Å². The summed E-state index contributed by atoms with van der Waals surface area (Å²) in [6, 6.07) is 13.0. The van der Waals surface area contributed by atoms with Crippen LogP contribution in [0.25, 0.3) is 0 Å². The van der Waals surface area contributed by atoms with E-state index in [2.05, 4.69) is 31.2 Å². The predicted molar refractivity (Wildman–Crippen MR) is 189 cm³/mol. The summed E-state index contributed by atoms with van der Waals surface area (Å²) in [6.45, 7) is 2.20. The zero-order valence-corrected chi connectivity index (χ0v) is 29.0. The molecular weight excluding hydrogens is 697 g/mol. The van der Waals surface area contributed by atoms with E-state index < -0.39 is 0 Å². The standard InChI is InChI=1S/C17H18ClN3O3S.C15H15ClN4O2S/c1-2-24-15(22)10-6-7-13-14(8-10)25-17(20-13)21-16(23)19-12-5-3-4-11(18)9-12;16-9-2-1-3-10(7-9)18-14(22)20-15-19-11-5-4-8(13(17)21)6-12(11)23-15/h3-5,9-10H,2,6-8H2,1H3,(H2,19,20,21,23);1-3,7-8H,4-6H2,(H2,17,21)(H2,18,19,20,22). The third-order valence-corrected chi connectivity index (χ3v) is 10.0. The second kappa shape index (κ2) is 16.2. The van der Waals surface area contributed by atoms with Crippen LogP contribution in [0.1, 0.15) is 40.9 Å². The van der Waals surface area contributed by atoms with Gasteiger partial charge in [-0.25, -0.2) is 19.6 Å². The molecule has 4 aromatic rings. The number of nitrogens with zero attached hydrogens (tertiary/aromatic N) is 2. The Morgan fingerprint density at radius 3 is 1.73 bits per heavy atom. The highest BCUT2D eigenvalue weighted by Gasteiger charge is 2.29. The molecule has 2 heterocycles. The highest BCUT2D eigenvalue weighted by Crippen LogP contribution is 2.34. The van der Waals surface area contributed by atoms with Crippen molar-refractivity contribution >= 4 is 91.5 Å². The Kier molecular flexibility index (Phi) is 11.9. The van der Waals surface area contributed by atoms with E-state index in [1.54, 1.807) is 55.5 Å². The summed E-state index contributed by atoms with van der Waals surface area (Å²) < 4.78 is 5.10. The highest BCUT2D eigenvalue weighted by molar-refractivity contribution is 7.16. The smallest absolute Gasteiger partial charge is 0.325 e. The number of aromatic nitrogens is 2. The van der Waals surface area contributed by atoms with E-state index in [4.69, 9.17) is 33.7 Å². The molecule has 16 heteroatoms. The summed E-state index contributed by atoms with van der Waals surface area (Å²) in [5.74, 6) is -0.704. The van der Waals surface area contributed by atoms with Crippen LogP contribution in [-0.2, 0) is 40.0 Å². The molecule has 0 fully saturated rings. The summed E-state index contributed by atoms with van der Waals surface area (Å²) in [4.78, 5) is 58.2. The van der Waals surface area contributed by atoms with Crippen molar-refractivity contribution in [2.45, 2.75) is 45.4 Å². The average Bonchev–Trinajstić information content (AvgIpc) is 3.63. The number of amides is 5. The maximum absolute atomic E-state index is 12.1. The van der Waals surface area contributed by atoms with E-state index in [1.807, 2.05) is 0 Å². The second-order valence-corrected chi connectivity index (χ2v) is 14.0. The maximum atomic E-state index is 12.1. The number of hydrogen-bond acceptors (Lipinski definition) is 9. The minimum absolute atomic E-state index is 0.124. The van der Waals surface area contributed by atoms with Crippen molar-refractivity contribution in [3.8, 4) is 0 Å². The molecule has 0 saturated heterocycles. The van der Waals surface area contributed by atoms with Crippen molar-refractivity contribution in [3.05, 3.63) is 79.7 Å². The first-order valence-electron chi connectivity index (χ1n) is 15.2. The number of aryl methyl sites for hydroxylation is 2. The molecule has 6 N–H and O–H groups in total. The van der Waals surface area contributed by atoms with Crippen molar-refractivity contribution in [2.24, 2.45) is 17.6 Å². The Bertz CT molecular complexity index is 1810. The first kappa shape index (κ1) is 35.1. The Balaban J connectivity index is 0.000000188. The number of halogens is 2. The number of nitrogens with one attached hydrogen (secondary N) is 4. The number of fused-ring (bicyclic) bond motifs is 2. The predicted octanol–water partition coefficient (Wildman–Crippen LogP) is 7.14. The lowest BCUT2D eigenvalue weighted by Crippen LogP contribution is -2.28. The van der Waals surface area contributed by atoms with Gasteiger partial charge in [0.2, 0.25) is 5.91 Å². The molecule has 2 unspecified atom stereocenters. The molecule has 48 heavy (non-hydrogen) atoms. The number of urea groups is 2. The van der Waals surface area contributed by atoms with Gasteiger partial charge in [-0.15, -0.1) is 22.7 Å². The monoisotopic (exact) mass is 729 g/mol. The third kappa shape index (κ3) is 9.66. The second-order valence-electron chi connectivity index (χ2n) is 11.0. The first-order valence-corrected chi connectivity index (χ1v) is 17.6. The number of ether oxygens (including phenoxy) is 1. The van der Waals surface area contributed by atoms with Gasteiger partial charge in [0.25, 0.3) is 0 Å². The normalized spacial score (nSPS) is 16.2. The molecule has 2 aromatic carbocycles. The molecule has 0 saturated carbocycles. The molecule has 0 aliphatic heterocycles. The number of primary amides is 1. The summed E-state index contributed by atoms with van der Waals surface area (Å²) in [6.07, 6.45) is 4.07. The number of carbonyl (C=O) groups excluding carboxylic acids is 4. The fraction of sp³-hybridized carbons (Fsp3) is 0.312. The molecule has 0 spiro atoms. The number of nitrogens with two attached hydrogens (primary N) is 1. The number of hydrogen-bond donors (Lipinski definition) is 5. The summed E-state index contributed by atoms with van der Waals surface area (Å²) in [5.41, 5.74) is 8.46. The first-order chi connectivity index (χ1) is 23.1. The van der Waals surface area contributed by atoms with Crippen molar-refractivity contribution < 1.29 is 23.9 Å². The average molecular weight is 731 g/mol. The molecule has 6 rings (SSSR count). The Morgan fingerprint density at radius 1 is 0.792 bits per heavy atom. The molecule has 0 bridgehead atoms. The van der Waals surface area contributed by atoms with E-state index >= 15 is 0 Å². The molecule has 2 aliphatic carbocycles. The third-order valence-electron chi connectivity index (χ3n) is 7.51. The summed E-state index contributed by atoms with van der Waals surface area (Å²) in [7, 11) is 0. The van der Waals surface area contributed by atoms with Crippen molar-refractivity contribution in [1.29, 1.82) is 0 Å². The van der Waals surface area contributed by atoms with E-state index in [0.717, 1.165) is 27.6 Å². The van der Waals surface area contributed by atoms with Gasteiger partial charge < -0.3 is 21.1 Å². The molecule has 2 aliphatic rings. The van der Waals surface area contributed by atoms with Crippen LogP contribution in [0.3, 0.4) is 0 Å². The highest BCUT2D eigenvalue weighted by atomic mass is 35.5. The van der Waals surface area contributed by atoms with Crippen LogP contribution in [0.5, 0.6) is 0 Å². The summed E-state index contributed by atoms with van der Waals surface area (Å²) in [5, 5.41) is 13.0. The molecule has 0 radical (unpaired) electrons. The number of benzene rings is 2. The lowest BCUT2D eigenvalue weighted by Gasteiger charge is -2.18. The largest absolute Gasteiger partial charge is 0.466 e. The number of thiazole rings is 2. The van der Waals surface area contributed by atoms with Gasteiger partial charge in [-0.05, 0) is 81.8 Å². The molecule has 5 amide bonds. The van der Waals surface area contributed by atoms with Gasteiger partial charge in [0.15, 0.2) is 10.3 Å². The molecular formula is C32H33Cl2N7O5S2. The summed E-state index contributed by atoms with van der Waals surface area (Å²) >= 11 is 14.6. The van der Waals surface area contributed by atoms with Crippen LogP contribution in [0.2, 0.25) is 10.0 Å². The molecule has 2 atom stereocenters. The van der Waals surface area contributed by atoms with Crippen molar-refractivity contribution in [2.75, 3.05) is 27.9 Å². The number of anilines is 4. The Labute approximate surface area is 294 Å². The fourth-order valence-electron chi connectivity index (χ4n) is 5.21. The van der Waals surface area contributed by atoms with E-state index in [-0.39, 0.29) is 35.8 Å². The molecule has 2 aromatic heterocycles. The zero-order chi connectivity index (χ0) is 34.2. The van der Waals surface area contributed by atoms with Crippen LogP contribution in [0, 0.1) is 11.8 Å². The number of esters is 1. The number of rotatable bonds is 7. The fourth-order valence-corrected chi connectivity index (χ4v) is 7.76. The van der Waals surface area contributed by atoms with Gasteiger partial charge in [-0.2, -0.15) is 0 Å². The van der Waals surface area contributed by atoms with Crippen LogP contribution in [0.15, 0.2) is 48.5 Å². The van der Waals surface area contributed by atoms with Crippen LogP contribution in [0.4, 0.5) is 31.2 Å². The number of carbonyl (C=O) groups is 4. The van der Waals surface area contributed by atoms with Crippen LogP contribution >= 0.6 is 45.9 Å². The van der Waals surface area contributed by atoms with E-state index in [0.29, 0.717) is 70.4 Å². The van der Waals surface area contributed by atoms with Crippen LogP contribution in [-0.4, -0.2) is 40.5 Å². The van der Waals surface area contributed by atoms with Gasteiger partial charge >= 0.3 is 18.0 Å². The lowest BCUT2D eigenvalue weighted by molar-refractivity contribution is -0.148. The molecule has 12 nitrogen and oxygen atoms in total. The topological polar surface area (TPSA) is 177 Å². The van der Waals surface area contributed by atoms with Gasteiger partial charge in [0.1, 0.15) is 0 Å². The molecule has 252 valence electrons. The minimum atomic E-state index is -0.384. The Morgan fingerprint density at radius 2 is 1.27 bits per heavy atom.